The number of aliphatic hydroxyl groups excluding tert-OH is 3. The van der Waals surface area contributed by atoms with Gasteiger partial charge in [0.05, 0.1) is 35.6 Å². The Morgan fingerprint density at radius 3 is 2.02 bits per heavy atom. The molecule has 11 atom stereocenters. The molecule has 334 valence electrons. The normalized spacial score (nSPS) is 31.5. The average molecular weight is 870 g/mol. The van der Waals surface area contributed by atoms with Crippen LogP contribution in [0.25, 0.3) is 0 Å². The van der Waals surface area contributed by atoms with Crippen molar-refractivity contribution in [1.82, 2.24) is 5.32 Å². The number of fused-ring (bicyclic) bond motifs is 5. The van der Waals surface area contributed by atoms with Gasteiger partial charge in [0.1, 0.15) is 30.5 Å². The Balaban J connectivity index is 1.40. The van der Waals surface area contributed by atoms with E-state index < -0.39 is 119 Å². The summed E-state index contributed by atoms with van der Waals surface area (Å²) >= 11 is 0. The number of hydrogen-bond donors (Lipinski definition) is 5. The number of esters is 4. The van der Waals surface area contributed by atoms with Crippen LogP contribution in [0.15, 0.2) is 102 Å². The summed E-state index contributed by atoms with van der Waals surface area (Å²) in [5.41, 5.74) is -7.54. The van der Waals surface area contributed by atoms with Gasteiger partial charge in [0.25, 0.3) is 5.91 Å². The predicted octanol–water partition coefficient (Wildman–Crippen LogP) is 2.71. The van der Waals surface area contributed by atoms with Gasteiger partial charge in [-0.05, 0) is 54.8 Å². The molecular weight excluding hydrogens is 819 g/mol. The third-order valence-electron chi connectivity index (χ3n) is 13.6. The number of rotatable bonds is 11. The Morgan fingerprint density at radius 2 is 1.46 bits per heavy atom. The predicted molar refractivity (Wildman–Crippen MR) is 219 cm³/mol. The smallest absolute Gasteiger partial charge is 0.338 e. The summed E-state index contributed by atoms with van der Waals surface area (Å²) in [6.07, 6.45) is -11.0. The van der Waals surface area contributed by atoms with E-state index in [-0.39, 0.29) is 35.3 Å². The molecule has 63 heavy (non-hydrogen) atoms. The summed E-state index contributed by atoms with van der Waals surface area (Å²) in [4.78, 5) is 83.6. The van der Waals surface area contributed by atoms with Gasteiger partial charge < -0.3 is 49.4 Å². The van der Waals surface area contributed by atoms with Gasteiger partial charge in [-0.2, -0.15) is 0 Å². The number of Topliss-reactive ketones (excluding diaryl/α,β-unsaturated/α-hetero) is 1. The van der Waals surface area contributed by atoms with Crippen LogP contribution in [-0.4, -0.2) is 117 Å². The number of amides is 1. The van der Waals surface area contributed by atoms with Crippen molar-refractivity contribution in [2.45, 2.75) is 101 Å². The van der Waals surface area contributed by atoms with E-state index in [1.54, 1.807) is 78.9 Å². The maximum Gasteiger partial charge on any atom is 0.338 e. The van der Waals surface area contributed by atoms with Crippen molar-refractivity contribution in [2.24, 2.45) is 16.7 Å². The zero-order valence-corrected chi connectivity index (χ0v) is 35.4. The molecule has 0 aromatic heterocycles. The van der Waals surface area contributed by atoms with Gasteiger partial charge in [-0.15, -0.1) is 0 Å². The minimum absolute atomic E-state index is 0.0430. The van der Waals surface area contributed by atoms with E-state index in [0.717, 1.165) is 6.92 Å². The summed E-state index contributed by atoms with van der Waals surface area (Å²) in [5.74, 6) is -7.48. The lowest BCUT2D eigenvalue weighted by Gasteiger charge is -2.67. The fourth-order valence-electron chi connectivity index (χ4n) is 10.2. The van der Waals surface area contributed by atoms with Crippen molar-refractivity contribution >= 4 is 35.6 Å². The first-order valence-electron chi connectivity index (χ1n) is 20.6. The van der Waals surface area contributed by atoms with Crippen LogP contribution in [0.5, 0.6) is 0 Å². The molecule has 0 radical (unpaired) electrons. The van der Waals surface area contributed by atoms with Gasteiger partial charge in [-0.3, -0.25) is 14.4 Å². The van der Waals surface area contributed by atoms with Crippen LogP contribution in [0.2, 0.25) is 0 Å². The van der Waals surface area contributed by atoms with Crippen LogP contribution < -0.4 is 5.32 Å². The SMILES string of the molecule is CC(=O)O[C@@]12CO[C@@H]1C[C@H](O)[C@@]1(C)C(=O)[C@H](OC(=O)CO)C3=C(C)[C@@H](OC(=O)[C@H](O)[C@@H](NC(=O)c4ccccc4)c4ccccc4)C[C@@](O)(C(OC(=O)c4ccccc4)C12)C3(C)C. The molecule has 2 saturated carbocycles. The van der Waals surface area contributed by atoms with E-state index in [1.807, 2.05) is 0 Å². The van der Waals surface area contributed by atoms with Gasteiger partial charge in [0, 0.05) is 30.7 Å². The number of benzene rings is 3. The summed E-state index contributed by atoms with van der Waals surface area (Å²) in [6.45, 7) is 5.44. The quantitative estimate of drug-likeness (QED) is 0.106. The van der Waals surface area contributed by atoms with Gasteiger partial charge in [-0.25, -0.2) is 14.4 Å². The molecule has 1 aliphatic heterocycles. The van der Waals surface area contributed by atoms with Crippen LogP contribution in [-0.2, 0) is 42.9 Å². The molecule has 16 nitrogen and oxygen atoms in total. The van der Waals surface area contributed by atoms with Gasteiger partial charge in [0.15, 0.2) is 23.6 Å². The zero-order valence-electron chi connectivity index (χ0n) is 35.4. The van der Waals surface area contributed by atoms with E-state index in [9.17, 15) is 44.4 Å². The van der Waals surface area contributed by atoms with Crippen molar-refractivity contribution in [3.05, 3.63) is 119 Å². The number of nitrogens with one attached hydrogen (secondary N) is 1. The van der Waals surface area contributed by atoms with Crippen LogP contribution >= 0.6 is 0 Å². The van der Waals surface area contributed by atoms with E-state index in [4.69, 9.17) is 23.7 Å². The number of ketones is 1. The number of aliphatic hydroxyl groups is 4. The third-order valence-corrected chi connectivity index (χ3v) is 13.6. The molecule has 5 N–H and O–H groups in total. The lowest BCUT2D eigenvalue weighted by molar-refractivity contribution is -0.346. The second-order valence-corrected chi connectivity index (χ2v) is 17.4. The summed E-state index contributed by atoms with van der Waals surface area (Å²) in [7, 11) is 0. The topological polar surface area (TPSA) is 242 Å². The molecule has 3 fully saturated rings. The van der Waals surface area contributed by atoms with E-state index in [1.165, 1.54) is 39.8 Å². The molecule has 16 heteroatoms. The van der Waals surface area contributed by atoms with Gasteiger partial charge in [-0.1, -0.05) is 80.6 Å². The Morgan fingerprint density at radius 1 is 0.873 bits per heavy atom. The molecule has 3 aromatic rings. The Bertz CT molecular complexity index is 2300. The molecule has 3 aliphatic carbocycles. The lowest BCUT2D eigenvalue weighted by atomic mass is 9.44. The lowest BCUT2D eigenvalue weighted by Crippen LogP contribution is -2.82. The fourth-order valence-corrected chi connectivity index (χ4v) is 10.2. The van der Waals surface area contributed by atoms with Crippen LogP contribution in [0.3, 0.4) is 0 Å². The Labute approximate surface area is 363 Å². The highest BCUT2D eigenvalue weighted by molar-refractivity contribution is 5.96. The maximum atomic E-state index is 15.5. The summed E-state index contributed by atoms with van der Waals surface area (Å²) < 4.78 is 30.1. The second kappa shape index (κ2) is 17.1. The standard InChI is InChI=1S/C47H51NO15/c1-25-30(60-43(57)36(53)35(27-15-9-6-10-16-27)48-41(55)28-17-11-7-12-18-28)22-47(58)40(62-42(56)29-19-13-8-14-20-29)38-45(5,31(51)21-32-46(38,24-59-32)63-26(2)50)39(54)37(61-33(52)23-49)34(25)44(47,3)4/h6-20,30-32,35-38,40,49,51,53,58H,21-24H2,1-5H3,(H,48,55)/t30-,31-,32+,35-,36+,37+,38?,40?,45+,46-,47+/m0/s1. The molecule has 3 aromatic carbocycles. The molecular formula is C47H51NO15. The third kappa shape index (κ3) is 7.63. The first-order valence-corrected chi connectivity index (χ1v) is 20.6. The minimum Gasteiger partial charge on any atom is -0.456 e. The van der Waals surface area contributed by atoms with Crippen molar-refractivity contribution in [1.29, 1.82) is 0 Å². The van der Waals surface area contributed by atoms with Crippen molar-refractivity contribution in [3.8, 4) is 0 Å². The first kappa shape index (κ1) is 45.3. The maximum absolute atomic E-state index is 15.5. The molecule has 1 heterocycles. The minimum atomic E-state index is -2.45. The van der Waals surface area contributed by atoms with Gasteiger partial charge in [0.2, 0.25) is 0 Å². The highest BCUT2D eigenvalue weighted by Crippen LogP contribution is 2.64. The zero-order chi connectivity index (χ0) is 45.6. The summed E-state index contributed by atoms with van der Waals surface area (Å²) in [5, 5.41) is 50.2. The van der Waals surface area contributed by atoms with Crippen molar-refractivity contribution < 1.29 is 72.9 Å². The van der Waals surface area contributed by atoms with Crippen LogP contribution in [0.1, 0.15) is 79.8 Å². The Hall–Kier alpha value is -5.78. The number of ether oxygens (including phenoxy) is 5. The molecule has 7 rings (SSSR count). The van der Waals surface area contributed by atoms with Crippen molar-refractivity contribution in [3.63, 3.8) is 0 Å². The highest BCUT2D eigenvalue weighted by atomic mass is 16.6. The van der Waals surface area contributed by atoms with Gasteiger partial charge >= 0.3 is 23.9 Å². The number of carbonyl (C=O) groups is 6. The molecule has 1 amide bonds. The van der Waals surface area contributed by atoms with E-state index >= 15 is 4.79 Å². The molecule has 4 aliphatic rings. The molecule has 2 bridgehead atoms. The summed E-state index contributed by atoms with van der Waals surface area (Å²) in [6, 6.07) is 22.7. The molecule has 0 spiro atoms. The van der Waals surface area contributed by atoms with Crippen LogP contribution in [0, 0.1) is 16.7 Å². The van der Waals surface area contributed by atoms with Crippen LogP contribution in [0.4, 0.5) is 0 Å². The van der Waals surface area contributed by atoms with E-state index in [2.05, 4.69) is 5.32 Å². The first-order chi connectivity index (χ1) is 29.8. The fraction of sp³-hybridized carbons (Fsp3) is 0.447. The number of carbonyl (C=O) groups excluding carboxylic acids is 6. The molecule has 1 saturated heterocycles. The largest absolute Gasteiger partial charge is 0.456 e. The van der Waals surface area contributed by atoms with E-state index in [0.29, 0.717) is 5.56 Å². The number of hydrogen-bond acceptors (Lipinski definition) is 15. The Kier molecular flexibility index (Phi) is 12.3. The molecule has 2 unspecified atom stereocenters. The monoisotopic (exact) mass is 869 g/mol. The van der Waals surface area contributed by atoms with Crippen molar-refractivity contribution in [2.75, 3.05) is 13.2 Å². The highest BCUT2D eigenvalue weighted by Gasteiger charge is 2.78. The second-order valence-electron chi connectivity index (χ2n) is 17.4. The average Bonchev–Trinajstić information content (AvgIpc) is 3.26.